The summed E-state index contributed by atoms with van der Waals surface area (Å²) in [5.74, 6) is 1.35. The standard InChI is InChI=1S/C19H25N3O5/c20-17(13-3-9-25-10-4-13)19(24)22-7-5-21(6-8-22)18(23)14-1-2-15-16(11-14)27-12-26-15/h1-2,11,13,17H,3-10,12,20H2. The van der Waals surface area contributed by atoms with Gasteiger partial charge in [0.25, 0.3) is 5.91 Å². The Morgan fingerprint density at radius 3 is 2.41 bits per heavy atom. The van der Waals surface area contributed by atoms with Crippen molar-refractivity contribution in [2.75, 3.05) is 46.2 Å². The van der Waals surface area contributed by atoms with Gasteiger partial charge in [0.15, 0.2) is 11.5 Å². The zero-order chi connectivity index (χ0) is 18.8. The predicted octanol–water partition coefficient (Wildman–Crippen LogP) is 0.454. The van der Waals surface area contributed by atoms with Crippen molar-refractivity contribution in [2.45, 2.75) is 18.9 Å². The van der Waals surface area contributed by atoms with Gasteiger partial charge in [-0.1, -0.05) is 0 Å². The van der Waals surface area contributed by atoms with Crippen LogP contribution < -0.4 is 15.2 Å². The van der Waals surface area contributed by atoms with E-state index in [2.05, 4.69) is 0 Å². The van der Waals surface area contributed by atoms with E-state index < -0.39 is 6.04 Å². The maximum atomic E-state index is 12.7. The molecule has 0 aromatic heterocycles. The van der Waals surface area contributed by atoms with Crippen LogP contribution in [0, 0.1) is 5.92 Å². The van der Waals surface area contributed by atoms with E-state index in [1.807, 2.05) is 0 Å². The maximum Gasteiger partial charge on any atom is 0.254 e. The fourth-order valence-corrected chi connectivity index (χ4v) is 3.83. The minimum atomic E-state index is -0.481. The molecule has 2 fully saturated rings. The van der Waals surface area contributed by atoms with Crippen molar-refractivity contribution in [3.05, 3.63) is 23.8 Å². The fraction of sp³-hybridized carbons (Fsp3) is 0.579. The lowest BCUT2D eigenvalue weighted by atomic mass is 9.91. The second-order valence-corrected chi connectivity index (χ2v) is 7.16. The number of carbonyl (C=O) groups excluding carboxylic acids is 2. The summed E-state index contributed by atoms with van der Waals surface area (Å²) in [5.41, 5.74) is 6.77. The molecule has 3 aliphatic rings. The smallest absolute Gasteiger partial charge is 0.254 e. The van der Waals surface area contributed by atoms with E-state index in [-0.39, 0.29) is 24.5 Å². The maximum absolute atomic E-state index is 12.7. The van der Waals surface area contributed by atoms with E-state index in [1.165, 1.54) is 0 Å². The molecule has 146 valence electrons. The highest BCUT2D eigenvalue weighted by Gasteiger charge is 2.32. The summed E-state index contributed by atoms with van der Waals surface area (Å²) < 4.78 is 16.0. The van der Waals surface area contributed by atoms with Gasteiger partial charge in [-0.2, -0.15) is 0 Å². The molecule has 0 bridgehead atoms. The molecule has 2 amide bonds. The summed E-state index contributed by atoms with van der Waals surface area (Å²) in [4.78, 5) is 29.0. The summed E-state index contributed by atoms with van der Waals surface area (Å²) in [6, 6.07) is 4.73. The van der Waals surface area contributed by atoms with E-state index in [0.717, 1.165) is 12.8 Å². The number of carbonyl (C=O) groups is 2. The van der Waals surface area contributed by atoms with Crippen molar-refractivity contribution in [1.29, 1.82) is 0 Å². The Morgan fingerprint density at radius 1 is 1.00 bits per heavy atom. The highest BCUT2D eigenvalue weighted by atomic mass is 16.7. The van der Waals surface area contributed by atoms with Gasteiger partial charge < -0.3 is 29.7 Å². The molecule has 1 atom stereocenters. The molecule has 0 spiro atoms. The summed E-state index contributed by atoms with van der Waals surface area (Å²) in [6.45, 7) is 3.53. The van der Waals surface area contributed by atoms with Gasteiger partial charge in [-0.15, -0.1) is 0 Å². The average Bonchev–Trinajstić information content (AvgIpc) is 3.21. The third kappa shape index (κ3) is 3.72. The van der Waals surface area contributed by atoms with E-state index in [0.29, 0.717) is 56.5 Å². The second-order valence-electron chi connectivity index (χ2n) is 7.16. The molecule has 8 heteroatoms. The van der Waals surface area contributed by atoms with Crippen LogP contribution in [0.3, 0.4) is 0 Å². The zero-order valence-electron chi connectivity index (χ0n) is 15.3. The Morgan fingerprint density at radius 2 is 1.67 bits per heavy atom. The number of piperazine rings is 1. The molecule has 0 saturated carbocycles. The van der Waals surface area contributed by atoms with E-state index in [1.54, 1.807) is 28.0 Å². The number of ether oxygens (including phenoxy) is 3. The minimum Gasteiger partial charge on any atom is -0.454 e. The highest BCUT2D eigenvalue weighted by Crippen LogP contribution is 2.32. The lowest BCUT2D eigenvalue weighted by Gasteiger charge is -2.37. The van der Waals surface area contributed by atoms with Crippen molar-refractivity contribution in [2.24, 2.45) is 11.7 Å². The predicted molar refractivity (Wildman–Crippen MR) is 96.6 cm³/mol. The molecule has 8 nitrogen and oxygen atoms in total. The molecule has 2 saturated heterocycles. The van der Waals surface area contributed by atoms with Crippen LogP contribution in [-0.4, -0.2) is 73.8 Å². The molecule has 4 rings (SSSR count). The van der Waals surface area contributed by atoms with Crippen molar-refractivity contribution in [3.63, 3.8) is 0 Å². The molecular formula is C19H25N3O5. The van der Waals surface area contributed by atoms with Gasteiger partial charge in [0.1, 0.15) is 0 Å². The monoisotopic (exact) mass is 375 g/mol. The number of benzene rings is 1. The van der Waals surface area contributed by atoms with Gasteiger partial charge in [0, 0.05) is 45.0 Å². The van der Waals surface area contributed by atoms with Gasteiger partial charge >= 0.3 is 0 Å². The molecule has 0 radical (unpaired) electrons. The molecular weight excluding hydrogens is 350 g/mol. The summed E-state index contributed by atoms with van der Waals surface area (Å²) in [6.07, 6.45) is 1.66. The van der Waals surface area contributed by atoms with Crippen LogP contribution >= 0.6 is 0 Å². The van der Waals surface area contributed by atoms with Crippen LogP contribution in [0.15, 0.2) is 18.2 Å². The van der Waals surface area contributed by atoms with Crippen LogP contribution in [0.25, 0.3) is 0 Å². The fourth-order valence-electron chi connectivity index (χ4n) is 3.83. The zero-order valence-corrected chi connectivity index (χ0v) is 15.3. The Hall–Kier alpha value is -2.32. The molecule has 2 N–H and O–H groups in total. The molecule has 0 aliphatic carbocycles. The minimum absolute atomic E-state index is 0.0166. The third-order valence-corrected chi connectivity index (χ3v) is 5.56. The second kappa shape index (κ2) is 7.74. The lowest BCUT2D eigenvalue weighted by molar-refractivity contribution is -0.136. The van der Waals surface area contributed by atoms with Crippen molar-refractivity contribution < 1.29 is 23.8 Å². The molecule has 1 aromatic rings. The number of nitrogens with two attached hydrogens (primary N) is 1. The Bertz CT molecular complexity index is 711. The molecule has 27 heavy (non-hydrogen) atoms. The number of fused-ring (bicyclic) bond motifs is 1. The van der Waals surface area contributed by atoms with Crippen molar-refractivity contribution in [1.82, 2.24) is 9.80 Å². The number of hydrogen-bond donors (Lipinski definition) is 1. The summed E-state index contributed by atoms with van der Waals surface area (Å²) in [7, 11) is 0. The van der Waals surface area contributed by atoms with Crippen molar-refractivity contribution in [3.8, 4) is 11.5 Å². The van der Waals surface area contributed by atoms with Gasteiger partial charge in [0.2, 0.25) is 12.7 Å². The van der Waals surface area contributed by atoms with Crippen LogP contribution in [0.1, 0.15) is 23.2 Å². The van der Waals surface area contributed by atoms with Gasteiger partial charge in [-0.05, 0) is 37.0 Å². The first-order chi connectivity index (χ1) is 13.1. The number of amides is 2. The van der Waals surface area contributed by atoms with E-state index >= 15 is 0 Å². The summed E-state index contributed by atoms with van der Waals surface area (Å²) in [5, 5.41) is 0. The van der Waals surface area contributed by atoms with Crippen LogP contribution in [0.2, 0.25) is 0 Å². The van der Waals surface area contributed by atoms with Gasteiger partial charge in [0.05, 0.1) is 6.04 Å². The molecule has 1 aromatic carbocycles. The SMILES string of the molecule is NC(C(=O)N1CCN(C(=O)c2ccc3c(c2)OCO3)CC1)C1CCOCC1. The third-order valence-electron chi connectivity index (χ3n) is 5.56. The Labute approximate surface area is 158 Å². The largest absolute Gasteiger partial charge is 0.454 e. The number of rotatable bonds is 3. The van der Waals surface area contributed by atoms with Gasteiger partial charge in [-0.3, -0.25) is 9.59 Å². The number of hydrogen-bond acceptors (Lipinski definition) is 6. The van der Waals surface area contributed by atoms with E-state index in [9.17, 15) is 9.59 Å². The molecule has 3 heterocycles. The first kappa shape index (κ1) is 18.1. The Kier molecular flexibility index (Phi) is 5.18. The Balaban J connectivity index is 1.33. The van der Waals surface area contributed by atoms with Gasteiger partial charge in [-0.25, -0.2) is 0 Å². The van der Waals surface area contributed by atoms with Crippen LogP contribution in [-0.2, 0) is 9.53 Å². The first-order valence-electron chi connectivity index (χ1n) is 9.44. The average molecular weight is 375 g/mol. The number of nitrogens with zero attached hydrogens (tertiary/aromatic N) is 2. The quantitative estimate of drug-likeness (QED) is 0.825. The normalized spacial score (nSPS) is 21.2. The highest BCUT2D eigenvalue weighted by molar-refractivity contribution is 5.95. The first-order valence-corrected chi connectivity index (χ1v) is 9.44. The summed E-state index contributed by atoms with van der Waals surface area (Å²) >= 11 is 0. The topological polar surface area (TPSA) is 94.3 Å². The van der Waals surface area contributed by atoms with E-state index in [4.69, 9.17) is 19.9 Å². The molecule has 1 unspecified atom stereocenters. The van der Waals surface area contributed by atoms with Crippen LogP contribution in [0.4, 0.5) is 0 Å². The lowest BCUT2D eigenvalue weighted by Crippen LogP contribution is -2.56. The van der Waals surface area contributed by atoms with Crippen LogP contribution in [0.5, 0.6) is 11.5 Å². The van der Waals surface area contributed by atoms with Crippen molar-refractivity contribution >= 4 is 11.8 Å². The molecule has 3 aliphatic heterocycles.